The molecule has 0 bridgehead atoms. The average Bonchev–Trinajstić information content (AvgIpc) is 3.40. The molecule has 1 fully saturated rings. The number of nitrogens with one attached hydrogen (secondary N) is 2. The molecular weight excluding hydrogens is 450 g/mol. The van der Waals surface area contributed by atoms with Crippen LogP contribution in [0.1, 0.15) is 19.3 Å². The summed E-state index contributed by atoms with van der Waals surface area (Å²) in [6, 6.07) is 12.2. The molecule has 1 saturated carbocycles. The smallest absolute Gasteiger partial charge is 0.388 e. The molecule has 8 nitrogen and oxygen atoms in total. The van der Waals surface area contributed by atoms with Gasteiger partial charge in [0, 0.05) is 30.4 Å². The van der Waals surface area contributed by atoms with Gasteiger partial charge in [0.2, 0.25) is 5.88 Å². The molecule has 4 aromatic heterocycles. The van der Waals surface area contributed by atoms with Gasteiger partial charge in [0.15, 0.2) is 5.13 Å². The van der Waals surface area contributed by atoms with Crippen molar-refractivity contribution in [3.05, 3.63) is 65.2 Å². The lowest BCUT2D eigenvalue weighted by Crippen LogP contribution is -2.21. The molecule has 4 heterocycles. The van der Waals surface area contributed by atoms with E-state index < -0.39 is 6.61 Å². The zero-order valence-corrected chi connectivity index (χ0v) is 18.1. The summed E-state index contributed by atoms with van der Waals surface area (Å²) in [4.78, 5) is 25.5. The largest absolute Gasteiger partial charge is 0.417 e. The van der Waals surface area contributed by atoms with Crippen molar-refractivity contribution in [3.8, 4) is 11.6 Å². The van der Waals surface area contributed by atoms with E-state index in [0.29, 0.717) is 21.2 Å². The maximum absolute atomic E-state index is 12.4. The topological polar surface area (TPSA) is 94.0 Å². The van der Waals surface area contributed by atoms with Crippen molar-refractivity contribution in [1.82, 2.24) is 19.5 Å². The minimum Gasteiger partial charge on any atom is -0.417 e. The first-order valence-electron chi connectivity index (χ1n) is 10.4. The van der Waals surface area contributed by atoms with Crippen molar-refractivity contribution in [3.63, 3.8) is 0 Å². The number of hydrogen-bond donors (Lipinski definition) is 2. The highest BCUT2D eigenvalue weighted by atomic mass is 32.1. The second kappa shape index (κ2) is 9.10. The van der Waals surface area contributed by atoms with Crippen LogP contribution in [-0.4, -0.2) is 38.2 Å². The van der Waals surface area contributed by atoms with Gasteiger partial charge < -0.3 is 15.4 Å². The minimum atomic E-state index is -2.91. The van der Waals surface area contributed by atoms with Gasteiger partial charge in [-0.05, 0) is 43.5 Å². The van der Waals surface area contributed by atoms with Crippen LogP contribution in [0.25, 0.3) is 16.0 Å². The van der Waals surface area contributed by atoms with Crippen LogP contribution in [0.3, 0.4) is 0 Å². The molecule has 0 spiro atoms. The molecule has 33 heavy (non-hydrogen) atoms. The normalized spacial score (nSPS) is 18.0. The van der Waals surface area contributed by atoms with E-state index in [1.807, 2.05) is 12.1 Å². The van der Waals surface area contributed by atoms with Crippen molar-refractivity contribution in [1.29, 1.82) is 0 Å². The van der Waals surface area contributed by atoms with E-state index in [1.165, 1.54) is 23.5 Å². The second-order valence-electron chi connectivity index (χ2n) is 7.68. The number of anilines is 2. The highest BCUT2D eigenvalue weighted by Gasteiger charge is 2.25. The lowest BCUT2D eigenvalue weighted by molar-refractivity contribution is -0.0526. The van der Waals surface area contributed by atoms with Gasteiger partial charge in [0.05, 0.1) is 11.9 Å². The summed E-state index contributed by atoms with van der Waals surface area (Å²) >= 11 is 1.31. The summed E-state index contributed by atoms with van der Waals surface area (Å²) in [5, 5.41) is 7.57. The Balaban J connectivity index is 1.19. The van der Waals surface area contributed by atoms with Crippen molar-refractivity contribution >= 4 is 32.6 Å². The predicted octanol–water partition coefficient (Wildman–Crippen LogP) is 4.28. The van der Waals surface area contributed by atoms with Gasteiger partial charge in [0.1, 0.15) is 16.2 Å². The summed E-state index contributed by atoms with van der Waals surface area (Å²) in [7, 11) is 0. The zero-order chi connectivity index (χ0) is 22.8. The first kappa shape index (κ1) is 21.3. The van der Waals surface area contributed by atoms with Gasteiger partial charge in [-0.25, -0.2) is 15.0 Å². The first-order chi connectivity index (χ1) is 16.0. The average molecular weight is 471 g/mol. The fourth-order valence-electron chi connectivity index (χ4n) is 3.90. The van der Waals surface area contributed by atoms with E-state index in [0.717, 1.165) is 25.1 Å². The summed E-state index contributed by atoms with van der Waals surface area (Å²) in [6.45, 7) is -2.91. The van der Waals surface area contributed by atoms with Crippen molar-refractivity contribution in [2.45, 2.75) is 38.0 Å². The molecule has 5 rings (SSSR count). The fourth-order valence-corrected chi connectivity index (χ4v) is 4.81. The number of pyridine rings is 3. The Hall–Kier alpha value is -3.60. The van der Waals surface area contributed by atoms with Crippen LogP contribution in [0, 0.1) is 0 Å². The Morgan fingerprint density at radius 3 is 2.67 bits per heavy atom. The standard InChI is InChI=1S/C22H20F2N6O2S/c23-21(24)32-18-9-7-16-20(29-18)33-22(28-16)27-14-5-4-13(11-14)26-17-8-6-15(12-25-17)30-10-2-1-3-19(30)31/h1-3,6-10,12-14,21H,4-5,11H2,(H,25,26)(H,27,28)/t13-,14-/m0/s1. The Bertz CT molecular complexity index is 1310. The molecule has 1 aliphatic rings. The Kier molecular flexibility index (Phi) is 5.86. The molecule has 0 unspecified atom stereocenters. The Labute approximate surface area is 191 Å². The van der Waals surface area contributed by atoms with Crippen LogP contribution in [0.2, 0.25) is 0 Å². The molecule has 1 aliphatic carbocycles. The summed E-state index contributed by atoms with van der Waals surface area (Å²) in [5.41, 5.74) is 1.25. The zero-order valence-electron chi connectivity index (χ0n) is 17.3. The molecule has 11 heteroatoms. The number of ether oxygens (including phenoxy) is 1. The number of aromatic nitrogens is 4. The molecule has 0 aromatic carbocycles. The molecule has 0 amide bonds. The van der Waals surface area contributed by atoms with Gasteiger partial charge >= 0.3 is 6.61 Å². The molecule has 2 N–H and O–H groups in total. The number of alkyl halides is 2. The SMILES string of the molecule is O=c1ccccn1-c1ccc(N[C@H]2CC[C@H](Nc3nc4ccc(OC(F)F)nc4s3)C2)nc1. The molecule has 4 aromatic rings. The van der Waals surface area contributed by atoms with Gasteiger partial charge in [-0.2, -0.15) is 8.78 Å². The van der Waals surface area contributed by atoms with E-state index in [-0.39, 0.29) is 23.5 Å². The lowest BCUT2D eigenvalue weighted by Gasteiger charge is -2.15. The fraction of sp³-hybridized carbons (Fsp3) is 0.273. The van der Waals surface area contributed by atoms with Crippen LogP contribution >= 0.6 is 11.3 Å². The van der Waals surface area contributed by atoms with Gasteiger partial charge in [0.25, 0.3) is 5.56 Å². The minimum absolute atomic E-state index is 0.104. The third kappa shape index (κ3) is 4.92. The molecule has 0 aliphatic heterocycles. The van der Waals surface area contributed by atoms with E-state index in [4.69, 9.17) is 0 Å². The molecule has 2 atom stereocenters. The highest BCUT2D eigenvalue weighted by molar-refractivity contribution is 7.21. The quantitative estimate of drug-likeness (QED) is 0.416. The third-order valence-corrected chi connectivity index (χ3v) is 6.30. The van der Waals surface area contributed by atoms with Crippen LogP contribution in [0.5, 0.6) is 5.88 Å². The summed E-state index contributed by atoms with van der Waals surface area (Å²) in [6.07, 6.45) is 6.19. The van der Waals surface area contributed by atoms with Crippen LogP contribution in [0.4, 0.5) is 19.7 Å². The van der Waals surface area contributed by atoms with Gasteiger partial charge in [-0.1, -0.05) is 17.4 Å². The Morgan fingerprint density at radius 2 is 1.91 bits per heavy atom. The molecule has 0 saturated heterocycles. The Morgan fingerprint density at radius 1 is 1.06 bits per heavy atom. The monoisotopic (exact) mass is 470 g/mol. The third-order valence-electron chi connectivity index (χ3n) is 5.40. The van der Waals surface area contributed by atoms with E-state index in [2.05, 4.69) is 30.3 Å². The molecular formula is C22H20F2N6O2S. The maximum atomic E-state index is 12.4. The van der Waals surface area contributed by atoms with Crippen LogP contribution < -0.4 is 20.9 Å². The first-order valence-corrected chi connectivity index (χ1v) is 11.2. The van der Waals surface area contributed by atoms with Crippen molar-refractivity contribution < 1.29 is 13.5 Å². The van der Waals surface area contributed by atoms with E-state index in [9.17, 15) is 13.6 Å². The highest BCUT2D eigenvalue weighted by Crippen LogP contribution is 2.30. The number of fused-ring (bicyclic) bond motifs is 1. The predicted molar refractivity (Wildman–Crippen MR) is 123 cm³/mol. The summed E-state index contributed by atoms with van der Waals surface area (Å²) in [5.74, 6) is 0.637. The van der Waals surface area contributed by atoms with Crippen LogP contribution in [-0.2, 0) is 0 Å². The number of thiazole rings is 1. The maximum Gasteiger partial charge on any atom is 0.388 e. The number of halogens is 2. The lowest BCUT2D eigenvalue weighted by atomic mass is 10.2. The van der Waals surface area contributed by atoms with Gasteiger partial charge in [-0.3, -0.25) is 9.36 Å². The van der Waals surface area contributed by atoms with Crippen molar-refractivity contribution in [2.75, 3.05) is 10.6 Å². The second-order valence-corrected chi connectivity index (χ2v) is 8.65. The number of hydrogen-bond acceptors (Lipinski definition) is 8. The van der Waals surface area contributed by atoms with Gasteiger partial charge in [-0.15, -0.1) is 0 Å². The summed E-state index contributed by atoms with van der Waals surface area (Å²) < 4.78 is 30.7. The number of nitrogens with zero attached hydrogens (tertiary/aromatic N) is 4. The number of rotatable bonds is 7. The van der Waals surface area contributed by atoms with Crippen LogP contribution in [0.15, 0.2) is 59.7 Å². The van der Waals surface area contributed by atoms with E-state index in [1.54, 1.807) is 35.2 Å². The van der Waals surface area contributed by atoms with E-state index >= 15 is 0 Å². The molecule has 0 radical (unpaired) electrons. The van der Waals surface area contributed by atoms with Crippen molar-refractivity contribution in [2.24, 2.45) is 0 Å². The molecule has 170 valence electrons.